The van der Waals surface area contributed by atoms with Gasteiger partial charge in [0.15, 0.2) is 0 Å². The molecule has 1 N–H and O–H groups in total. The van der Waals surface area contributed by atoms with Crippen molar-refractivity contribution in [3.8, 4) is 17.1 Å². The molecule has 1 unspecified atom stereocenters. The van der Waals surface area contributed by atoms with Crippen molar-refractivity contribution in [2.45, 2.75) is 33.7 Å². The van der Waals surface area contributed by atoms with Gasteiger partial charge in [0.1, 0.15) is 6.04 Å². The number of rotatable bonds is 5. The standard InChI is InChI=1S/C22H23N5O/c1-14-10-12-18(13-11-14)22-25-24-21(28-22)16(3)23-20-15(2)26-27(17(20)4)19-8-6-5-7-9-19/h5-13,16,23H,1-4H3. The average molecular weight is 373 g/mol. The van der Waals surface area contributed by atoms with E-state index in [1.165, 1.54) is 5.56 Å². The molecule has 6 heteroatoms. The fraction of sp³-hybridized carbons (Fsp3) is 0.227. The van der Waals surface area contributed by atoms with E-state index in [1.807, 2.05) is 80.1 Å². The van der Waals surface area contributed by atoms with Crippen LogP contribution in [0.4, 0.5) is 5.69 Å². The average Bonchev–Trinajstić information content (AvgIpc) is 3.30. The van der Waals surface area contributed by atoms with Crippen molar-refractivity contribution in [3.05, 3.63) is 77.4 Å². The summed E-state index contributed by atoms with van der Waals surface area (Å²) in [5.41, 5.74) is 6.08. The van der Waals surface area contributed by atoms with E-state index in [-0.39, 0.29) is 6.04 Å². The minimum absolute atomic E-state index is 0.141. The van der Waals surface area contributed by atoms with E-state index in [9.17, 15) is 0 Å². The van der Waals surface area contributed by atoms with Crippen LogP contribution in [0.1, 0.15) is 35.8 Å². The highest BCUT2D eigenvalue weighted by molar-refractivity contribution is 5.56. The maximum Gasteiger partial charge on any atom is 0.247 e. The van der Waals surface area contributed by atoms with Crippen LogP contribution in [0.2, 0.25) is 0 Å². The number of aromatic nitrogens is 4. The molecule has 2 aromatic carbocycles. The first kappa shape index (κ1) is 18.0. The van der Waals surface area contributed by atoms with Crippen LogP contribution in [-0.2, 0) is 0 Å². The van der Waals surface area contributed by atoms with Crippen LogP contribution < -0.4 is 5.32 Å². The van der Waals surface area contributed by atoms with Gasteiger partial charge in [-0.2, -0.15) is 5.10 Å². The first-order valence-corrected chi connectivity index (χ1v) is 9.31. The molecule has 0 saturated carbocycles. The highest BCUT2D eigenvalue weighted by Crippen LogP contribution is 2.28. The molecule has 28 heavy (non-hydrogen) atoms. The van der Waals surface area contributed by atoms with Gasteiger partial charge >= 0.3 is 0 Å². The molecule has 0 aliphatic carbocycles. The molecule has 0 fully saturated rings. The molecule has 2 heterocycles. The molecular weight excluding hydrogens is 350 g/mol. The van der Waals surface area contributed by atoms with E-state index in [4.69, 9.17) is 4.42 Å². The molecule has 0 amide bonds. The van der Waals surface area contributed by atoms with Gasteiger partial charge in [0.25, 0.3) is 0 Å². The summed E-state index contributed by atoms with van der Waals surface area (Å²) in [5.74, 6) is 1.07. The van der Waals surface area contributed by atoms with Crippen LogP contribution in [0.25, 0.3) is 17.1 Å². The van der Waals surface area contributed by atoms with Gasteiger partial charge in [-0.05, 0) is 52.0 Å². The molecule has 142 valence electrons. The van der Waals surface area contributed by atoms with Gasteiger partial charge < -0.3 is 9.73 Å². The molecule has 4 aromatic rings. The molecule has 0 aliphatic rings. The predicted molar refractivity (Wildman–Crippen MR) is 110 cm³/mol. The lowest BCUT2D eigenvalue weighted by molar-refractivity contribution is 0.485. The molecule has 4 rings (SSSR count). The van der Waals surface area contributed by atoms with E-state index in [0.717, 1.165) is 28.3 Å². The second-order valence-corrected chi connectivity index (χ2v) is 6.97. The Labute approximate surface area is 164 Å². The Hall–Kier alpha value is -3.41. The fourth-order valence-electron chi connectivity index (χ4n) is 3.17. The topological polar surface area (TPSA) is 68.8 Å². The van der Waals surface area contributed by atoms with Crippen LogP contribution in [-0.4, -0.2) is 20.0 Å². The van der Waals surface area contributed by atoms with E-state index < -0.39 is 0 Å². The first-order valence-electron chi connectivity index (χ1n) is 9.31. The van der Waals surface area contributed by atoms with Crippen LogP contribution in [0, 0.1) is 20.8 Å². The third-order valence-corrected chi connectivity index (χ3v) is 4.76. The zero-order valence-electron chi connectivity index (χ0n) is 16.5. The fourth-order valence-corrected chi connectivity index (χ4v) is 3.17. The lowest BCUT2D eigenvalue weighted by atomic mass is 10.1. The molecule has 1 atom stereocenters. The number of para-hydroxylation sites is 1. The van der Waals surface area contributed by atoms with E-state index >= 15 is 0 Å². The third-order valence-electron chi connectivity index (χ3n) is 4.76. The Morgan fingerprint density at radius 2 is 1.64 bits per heavy atom. The summed E-state index contributed by atoms with van der Waals surface area (Å²) in [7, 11) is 0. The minimum Gasteiger partial charge on any atom is -0.418 e. The van der Waals surface area contributed by atoms with Gasteiger partial charge in [0.05, 0.1) is 22.8 Å². The van der Waals surface area contributed by atoms with Crippen molar-refractivity contribution in [2.75, 3.05) is 5.32 Å². The zero-order chi connectivity index (χ0) is 19.7. The van der Waals surface area contributed by atoms with E-state index in [0.29, 0.717) is 11.8 Å². The zero-order valence-corrected chi connectivity index (χ0v) is 16.5. The van der Waals surface area contributed by atoms with Gasteiger partial charge in [0, 0.05) is 5.56 Å². The number of hydrogen-bond donors (Lipinski definition) is 1. The normalized spacial score (nSPS) is 12.1. The molecule has 6 nitrogen and oxygen atoms in total. The van der Waals surface area contributed by atoms with E-state index in [2.05, 4.69) is 27.5 Å². The van der Waals surface area contributed by atoms with Crippen molar-refractivity contribution >= 4 is 5.69 Å². The van der Waals surface area contributed by atoms with Crippen molar-refractivity contribution in [1.82, 2.24) is 20.0 Å². The van der Waals surface area contributed by atoms with Gasteiger partial charge in [-0.15, -0.1) is 10.2 Å². The molecular formula is C22H23N5O. The van der Waals surface area contributed by atoms with Gasteiger partial charge in [0.2, 0.25) is 11.8 Å². The van der Waals surface area contributed by atoms with Crippen molar-refractivity contribution in [3.63, 3.8) is 0 Å². The van der Waals surface area contributed by atoms with Crippen LogP contribution >= 0.6 is 0 Å². The second-order valence-electron chi connectivity index (χ2n) is 6.97. The summed E-state index contributed by atoms with van der Waals surface area (Å²) in [6, 6.07) is 18.0. The number of hydrogen-bond acceptors (Lipinski definition) is 5. The number of nitrogens with zero attached hydrogens (tertiary/aromatic N) is 4. The van der Waals surface area contributed by atoms with Crippen LogP contribution in [0.5, 0.6) is 0 Å². The lowest BCUT2D eigenvalue weighted by Crippen LogP contribution is -2.08. The molecule has 0 aliphatic heterocycles. The molecule has 2 aromatic heterocycles. The Kier molecular flexibility index (Phi) is 4.69. The molecule has 0 saturated heterocycles. The SMILES string of the molecule is Cc1ccc(-c2nnc(C(C)Nc3c(C)nn(-c4ccccc4)c3C)o2)cc1. The quantitative estimate of drug-likeness (QED) is 0.532. The van der Waals surface area contributed by atoms with Gasteiger partial charge in [-0.25, -0.2) is 4.68 Å². The Morgan fingerprint density at radius 1 is 0.929 bits per heavy atom. The molecule has 0 radical (unpaired) electrons. The maximum absolute atomic E-state index is 5.90. The second kappa shape index (κ2) is 7.31. The van der Waals surface area contributed by atoms with E-state index in [1.54, 1.807) is 0 Å². The van der Waals surface area contributed by atoms with Crippen molar-refractivity contribution in [1.29, 1.82) is 0 Å². The first-order chi connectivity index (χ1) is 13.5. The summed E-state index contributed by atoms with van der Waals surface area (Å²) in [5, 5.41) is 16.6. The monoisotopic (exact) mass is 373 g/mol. The number of benzene rings is 2. The maximum atomic E-state index is 5.90. The summed E-state index contributed by atoms with van der Waals surface area (Å²) >= 11 is 0. The highest BCUT2D eigenvalue weighted by atomic mass is 16.4. The summed E-state index contributed by atoms with van der Waals surface area (Å²) < 4.78 is 7.84. The van der Waals surface area contributed by atoms with Crippen LogP contribution in [0.3, 0.4) is 0 Å². The smallest absolute Gasteiger partial charge is 0.247 e. The van der Waals surface area contributed by atoms with Crippen LogP contribution in [0.15, 0.2) is 59.0 Å². The Balaban J connectivity index is 1.57. The summed E-state index contributed by atoms with van der Waals surface area (Å²) in [4.78, 5) is 0. The summed E-state index contributed by atoms with van der Waals surface area (Å²) in [6.07, 6.45) is 0. The highest BCUT2D eigenvalue weighted by Gasteiger charge is 2.19. The number of aryl methyl sites for hydroxylation is 2. The Morgan fingerprint density at radius 3 is 2.36 bits per heavy atom. The lowest BCUT2D eigenvalue weighted by Gasteiger charge is -2.12. The van der Waals surface area contributed by atoms with Gasteiger partial charge in [-0.3, -0.25) is 0 Å². The third kappa shape index (κ3) is 3.41. The van der Waals surface area contributed by atoms with Gasteiger partial charge in [-0.1, -0.05) is 35.9 Å². The largest absolute Gasteiger partial charge is 0.418 e. The Bertz CT molecular complexity index is 1080. The predicted octanol–water partition coefficient (Wildman–Crippen LogP) is 5.02. The summed E-state index contributed by atoms with van der Waals surface area (Å²) in [6.45, 7) is 8.10. The molecule has 0 bridgehead atoms. The number of nitrogens with one attached hydrogen (secondary N) is 1. The van der Waals surface area contributed by atoms with Crippen molar-refractivity contribution in [2.24, 2.45) is 0 Å². The minimum atomic E-state index is -0.141. The van der Waals surface area contributed by atoms with Crippen molar-refractivity contribution < 1.29 is 4.42 Å². The molecule has 0 spiro atoms. The number of anilines is 1.